The van der Waals surface area contributed by atoms with Gasteiger partial charge >= 0.3 is 0 Å². The Bertz CT molecular complexity index is 872. The Labute approximate surface area is 138 Å². The number of anilines is 1. The van der Waals surface area contributed by atoms with Gasteiger partial charge in [0, 0.05) is 24.9 Å². The van der Waals surface area contributed by atoms with Gasteiger partial charge in [0.1, 0.15) is 5.75 Å². The van der Waals surface area contributed by atoms with Crippen LogP contribution in [-0.2, 0) is 11.8 Å². The Hall–Kier alpha value is -3.09. The van der Waals surface area contributed by atoms with E-state index in [0.717, 1.165) is 5.56 Å². The molecular weight excluding hydrogens is 310 g/mol. The number of amides is 2. The molecule has 124 valence electrons. The average molecular weight is 327 g/mol. The van der Waals surface area contributed by atoms with E-state index in [4.69, 9.17) is 4.74 Å². The summed E-state index contributed by atoms with van der Waals surface area (Å²) in [6, 6.07) is 7.93. The van der Waals surface area contributed by atoms with Crippen molar-refractivity contribution in [3.63, 3.8) is 0 Å². The first-order valence-corrected chi connectivity index (χ1v) is 7.48. The summed E-state index contributed by atoms with van der Waals surface area (Å²) >= 11 is 0. The standard InChI is InChI=1S/C17H17N3O4/c1-10(18-17(23)12-5-6-20(2)16(22)8-12)11-3-4-14-13(7-11)19-15(21)9-24-14/h3-8,10H,9H2,1-2H3,(H,18,23)(H,19,21). The minimum Gasteiger partial charge on any atom is -0.482 e. The van der Waals surface area contributed by atoms with Gasteiger partial charge in [0.15, 0.2) is 6.61 Å². The number of nitrogens with one attached hydrogen (secondary N) is 2. The second-order valence-corrected chi connectivity index (χ2v) is 5.65. The number of ether oxygens (including phenoxy) is 1. The molecule has 1 aliphatic rings. The molecule has 0 fully saturated rings. The lowest BCUT2D eigenvalue weighted by Crippen LogP contribution is -2.29. The summed E-state index contributed by atoms with van der Waals surface area (Å²) in [5, 5.41) is 5.57. The second kappa shape index (κ2) is 6.19. The number of fused-ring (bicyclic) bond motifs is 1. The molecule has 24 heavy (non-hydrogen) atoms. The molecule has 0 saturated carbocycles. The number of rotatable bonds is 3. The maximum Gasteiger partial charge on any atom is 0.262 e. The Balaban J connectivity index is 1.77. The van der Waals surface area contributed by atoms with Crippen molar-refractivity contribution in [2.24, 2.45) is 7.05 Å². The zero-order valence-corrected chi connectivity index (χ0v) is 13.3. The highest BCUT2D eigenvalue weighted by atomic mass is 16.5. The van der Waals surface area contributed by atoms with Crippen molar-refractivity contribution in [3.05, 3.63) is 58.0 Å². The van der Waals surface area contributed by atoms with Crippen molar-refractivity contribution in [1.29, 1.82) is 0 Å². The van der Waals surface area contributed by atoms with Crippen molar-refractivity contribution < 1.29 is 14.3 Å². The van der Waals surface area contributed by atoms with Gasteiger partial charge in [-0.3, -0.25) is 14.4 Å². The highest BCUT2D eigenvalue weighted by molar-refractivity contribution is 5.96. The van der Waals surface area contributed by atoms with Crippen LogP contribution in [0.1, 0.15) is 28.9 Å². The number of aromatic nitrogens is 1. The van der Waals surface area contributed by atoms with Crippen LogP contribution in [0.4, 0.5) is 5.69 Å². The fraction of sp³-hybridized carbons (Fsp3) is 0.235. The van der Waals surface area contributed by atoms with Crippen LogP contribution in [0.2, 0.25) is 0 Å². The van der Waals surface area contributed by atoms with Crippen LogP contribution in [0.15, 0.2) is 41.3 Å². The number of pyridine rings is 1. The van der Waals surface area contributed by atoms with Crippen LogP contribution >= 0.6 is 0 Å². The maximum atomic E-state index is 12.3. The van der Waals surface area contributed by atoms with Crippen LogP contribution in [0.3, 0.4) is 0 Å². The topological polar surface area (TPSA) is 89.4 Å². The maximum absolute atomic E-state index is 12.3. The molecule has 2 heterocycles. The first-order chi connectivity index (χ1) is 11.4. The van der Waals surface area contributed by atoms with E-state index in [1.165, 1.54) is 10.6 Å². The number of benzene rings is 1. The molecule has 2 aromatic rings. The molecule has 0 aliphatic carbocycles. The van der Waals surface area contributed by atoms with Crippen molar-refractivity contribution in [2.75, 3.05) is 11.9 Å². The van der Waals surface area contributed by atoms with Crippen LogP contribution in [-0.4, -0.2) is 23.0 Å². The molecule has 0 saturated heterocycles. The van der Waals surface area contributed by atoms with E-state index < -0.39 is 0 Å². The van der Waals surface area contributed by atoms with Gasteiger partial charge in [0.25, 0.3) is 17.4 Å². The van der Waals surface area contributed by atoms with Crippen molar-refractivity contribution in [3.8, 4) is 5.75 Å². The van der Waals surface area contributed by atoms with Gasteiger partial charge in [-0.15, -0.1) is 0 Å². The van der Waals surface area contributed by atoms with Gasteiger partial charge in [-0.2, -0.15) is 0 Å². The molecule has 0 radical (unpaired) electrons. The molecule has 7 heteroatoms. The summed E-state index contributed by atoms with van der Waals surface area (Å²) in [5.41, 5.74) is 1.46. The Morgan fingerprint density at radius 3 is 2.83 bits per heavy atom. The molecule has 2 amide bonds. The lowest BCUT2D eigenvalue weighted by Gasteiger charge is -2.21. The molecule has 2 N–H and O–H groups in total. The van der Waals surface area contributed by atoms with Gasteiger partial charge in [-0.05, 0) is 30.7 Å². The largest absolute Gasteiger partial charge is 0.482 e. The quantitative estimate of drug-likeness (QED) is 0.887. The van der Waals surface area contributed by atoms with Crippen LogP contribution in [0.25, 0.3) is 0 Å². The van der Waals surface area contributed by atoms with E-state index in [-0.39, 0.29) is 30.0 Å². The van der Waals surface area contributed by atoms with E-state index >= 15 is 0 Å². The fourth-order valence-corrected chi connectivity index (χ4v) is 2.42. The third-order valence-corrected chi connectivity index (χ3v) is 3.85. The second-order valence-electron chi connectivity index (χ2n) is 5.65. The average Bonchev–Trinajstić information content (AvgIpc) is 2.56. The van der Waals surface area contributed by atoms with Gasteiger partial charge in [0.2, 0.25) is 0 Å². The molecule has 7 nitrogen and oxygen atoms in total. The van der Waals surface area contributed by atoms with Crippen molar-refractivity contribution in [1.82, 2.24) is 9.88 Å². The van der Waals surface area contributed by atoms with E-state index in [0.29, 0.717) is 17.0 Å². The predicted molar refractivity (Wildman–Crippen MR) is 88.1 cm³/mol. The molecule has 1 aliphatic heterocycles. The first kappa shape index (κ1) is 15.8. The monoisotopic (exact) mass is 327 g/mol. The van der Waals surface area contributed by atoms with E-state index in [1.54, 1.807) is 31.4 Å². The minimum atomic E-state index is -0.335. The zero-order chi connectivity index (χ0) is 17.3. The lowest BCUT2D eigenvalue weighted by molar-refractivity contribution is -0.118. The number of hydrogen-bond acceptors (Lipinski definition) is 4. The van der Waals surface area contributed by atoms with Gasteiger partial charge < -0.3 is 19.9 Å². The molecular formula is C17H17N3O4. The Morgan fingerprint density at radius 2 is 2.08 bits per heavy atom. The summed E-state index contributed by atoms with van der Waals surface area (Å²) < 4.78 is 6.70. The number of carbonyl (C=O) groups excluding carboxylic acids is 2. The number of aryl methyl sites for hydroxylation is 1. The first-order valence-electron chi connectivity index (χ1n) is 7.48. The highest BCUT2D eigenvalue weighted by Gasteiger charge is 2.18. The number of nitrogens with zero attached hydrogens (tertiary/aromatic N) is 1. The van der Waals surface area contributed by atoms with Crippen LogP contribution < -0.4 is 20.9 Å². The lowest BCUT2D eigenvalue weighted by atomic mass is 10.1. The minimum absolute atomic E-state index is 0.00159. The SMILES string of the molecule is CC(NC(=O)c1ccn(C)c(=O)c1)c1ccc2c(c1)NC(=O)CO2. The van der Waals surface area contributed by atoms with Crippen LogP contribution in [0, 0.1) is 0 Å². The highest BCUT2D eigenvalue weighted by Crippen LogP contribution is 2.30. The summed E-state index contributed by atoms with van der Waals surface area (Å²) in [7, 11) is 1.62. The third kappa shape index (κ3) is 3.15. The van der Waals surface area contributed by atoms with Crippen molar-refractivity contribution >= 4 is 17.5 Å². The fourth-order valence-electron chi connectivity index (χ4n) is 2.42. The zero-order valence-electron chi connectivity index (χ0n) is 13.3. The number of carbonyl (C=O) groups is 2. The van der Waals surface area contributed by atoms with E-state index in [2.05, 4.69) is 10.6 Å². The van der Waals surface area contributed by atoms with Gasteiger partial charge in [-0.25, -0.2) is 0 Å². The summed E-state index contributed by atoms with van der Waals surface area (Å²) in [6.45, 7) is 1.83. The molecule has 0 bridgehead atoms. The van der Waals surface area contributed by atoms with Gasteiger partial charge in [0.05, 0.1) is 11.7 Å². The summed E-state index contributed by atoms with van der Waals surface area (Å²) in [4.78, 5) is 35.3. The van der Waals surface area contributed by atoms with Gasteiger partial charge in [-0.1, -0.05) is 6.07 Å². The summed E-state index contributed by atoms with van der Waals surface area (Å²) in [6.07, 6.45) is 1.55. The Kier molecular flexibility index (Phi) is 4.07. The third-order valence-electron chi connectivity index (χ3n) is 3.85. The van der Waals surface area contributed by atoms with E-state index in [1.807, 2.05) is 13.0 Å². The molecule has 1 atom stereocenters. The molecule has 3 rings (SSSR count). The van der Waals surface area contributed by atoms with E-state index in [9.17, 15) is 14.4 Å². The number of hydrogen-bond donors (Lipinski definition) is 2. The Morgan fingerprint density at radius 1 is 1.29 bits per heavy atom. The molecule has 1 unspecified atom stereocenters. The van der Waals surface area contributed by atoms with Crippen LogP contribution in [0.5, 0.6) is 5.75 Å². The molecule has 1 aromatic heterocycles. The molecule has 1 aromatic carbocycles. The summed E-state index contributed by atoms with van der Waals surface area (Å²) in [5.74, 6) is 0.0538. The van der Waals surface area contributed by atoms with Crippen molar-refractivity contribution in [2.45, 2.75) is 13.0 Å². The smallest absolute Gasteiger partial charge is 0.262 e. The predicted octanol–water partition coefficient (Wildman–Crippen LogP) is 1.21. The molecule has 0 spiro atoms. The normalized spacial score (nSPS) is 14.2.